The van der Waals surface area contributed by atoms with Crippen molar-refractivity contribution in [3.63, 3.8) is 0 Å². The predicted molar refractivity (Wildman–Crippen MR) is 95.3 cm³/mol. The first-order valence-corrected chi connectivity index (χ1v) is 8.21. The summed E-state index contributed by atoms with van der Waals surface area (Å²) >= 11 is 11.9. The van der Waals surface area contributed by atoms with Crippen molar-refractivity contribution in [2.45, 2.75) is 13.0 Å². The number of nitrogens with zero attached hydrogens (tertiary/aromatic N) is 2. The van der Waals surface area contributed by atoms with Crippen LogP contribution in [0.3, 0.4) is 0 Å². The van der Waals surface area contributed by atoms with E-state index in [1.807, 2.05) is 0 Å². The fraction of sp³-hybridized carbons (Fsp3) is 0.176. The van der Waals surface area contributed by atoms with E-state index in [9.17, 15) is 9.59 Å². The van der Waals surface area contributed by atoms with E-state index in [0.717, 1.165) is 0 Å². The number of carbonyl (C=O) groups excluding carboxylic acids is 2. The molecule has 1 aromatic carbocycles. The molecule has 0 aliphatic carbocycles. The summed E-state index contributed by atoms with van der Waals surface area (Å²) in [4.78, 5) is 36.0. The number of aryl methyl sites for hydroxylation is 1. The van der Waals surface area contributed by atoms with Gasteiger partial charge < -0.3 is 14.5 Å². The molecule has 0 radical (unpaired) electrons. The van der Waals surface area contributed by atoms with Crippen LogP contribution in [0.25, 0.3) is 11.2 Å². The number of aromatic nitrogens is 3. The summed E-state index contributed by atoms with van der Waals surface area (Å²) < 4.78 is 10.1. The third-order valence-electron chi connectivity index (χ3n) is 3.62. The summed E-state index contributed by atoms with van der Waals surface area (Å²) in [6, 6.07) is 5.96. The molecular formula is C17H13Cl2N3O4. The van der Waals surface area contributed by atoms with Gasteiger partial charge in [-0.2, -0.15) is 0 Å². The zero-order valence-electron chi connectivity index (χ0n) is 13.7. The minimum atomic E-state index is -1.30. The molecular weight excluding hydrogens is 381 g/mol. The molecule has 0 bridgehead atoms. The Morgan fingerprint density at radius 1 is 1.19 bits per heavy atom. The Morgan fingerprint density at radius 2 is 1.96 bits per heavy atom. The molecule has 0 aliphatic rings. The maximum absolute atomic E-state index is 12.7. The SMILES string of the molecule is COC(=O)C(OC(=O)c1ccnc2nc(C)[nH]c12)c1ccc(Cl)c(Cl)c1. The molecule has 26 heavy (non-hydrogen) atoms. The lowest BCUT2D eigenvalue weighted by atomic mass is 10.1. The third kappa shape index (κ3) is 3.49. The Kier molecular flexibility index (Phi) is 5.11. The number of esters is 2. The minimum absolute atomic E-state index is 0.199. The van der Waals surface area contributed by atoms with Crippen molar-refractivity contribution < 1.29 is 19.1 Å². The Bertz CT molecular complexity index is 1000. The molecule has 3 rings (SSSR count). The van der Waals surface area contributed by atoms with E-state index in [0.29, 0.717) is 27.6 Å². The number of nitrogens with one attached hydrogen (secondary N) is 1. The predicted octanol–water partition coefficient (Wildman–Crippen LogP) is 3.64. The van der Waals surface area contributed by atoms with Crippen LogP contribution >= 0.6 is 23.2 Å². The molecule has 2 aromatic heterocycles. The molecule has 9 heteroatoms. The molecule has 1 N–H and O–H groups in total. The largest absolute Gasteiger partial charge is 0.466 e. The van der Waals surface area contributed by atoms with Gasteiger partial charge in [-0.25, -0.2) is 19.6 Å². The van der Waals surface area contributed by atoms with Gasteiger partial charge in [0.15, 0.2) is 5.65 Å². The first-order chi connectivity index (χ1) is 12.4. The number of benzene rings is 1. The number of hydrogen-bond acceptors (Lipinski definition) is 6. The van der Waals surface area contributed by atoms with Gasteiger partial charge in [0.25, 0.3) is 0 Å². The molecule has 1 unspecified atom stereocenters. The van der Waals surface area contributed by atoms with Crippen LogP contribution in [0.15, 0.2) is 30.5 Å². The van der Waals surface area contributed by atoms with E-state index >= 15 is 0 Å². The number of hydrogen-bond donors (Lipinski definition) is 1. The average molecular weight is 394 g/mol. The van der Waals surface area contributed by atoms with E-state index in [1.165, 1.54) is 37.6 Å². The number of methoxy groups -OCH3 is 1. The van der Waals surface area contributed by atoms with Crippen LogP contribution in [0, 0.1) is 6.92 Å². The molecule has 1 atom stereocenters. The van der Waals surface area contributed by atoms with Gasteiger partial charge in [0, 0.05) is 11.8 Å². The standard InChI is InChI=1S/C17H13Cl2N3O4/c1-8-21-13-10(5-6-20-15(13)22-8)16(23)26-14(17(24)25-2)9-3-4-11(18)12(19)7-9/h3-7,14H,1-2H3,(H,20,21,22). The molecule has 3 aromatic rings. The second kappa shape index (κ2) is 7.31. The van der Waals surface area contributed by atoms with Crippen molar-refractivity contribution >= 4 is 46.3 Å². The van der Waals surface area contributed by atoms with Crippen molar-refractivity contribution in [2.75, 3.05) is 7.11 Å². The number of rotatable bonds is 4. The van der Waals surface area contributed by atoms with Gasteiger partial charge in [0.1, 0.15) is 5.82 Å². The van der Waals surface area contributed by atoms with Crippen LogP contribution in [0.5, 0.6) is 0 Å². The number of fused-ring (bicyclic) bond motifs is 1. The van der Waals surface area contributed by atoms with Crippen molar-refractivity contribution in [1.29, 1.82) is 0 Å². The maximum Gasteiger partial charge on any atom is 0.351 e. The zero-order chi connectivity index (χ0) is 18.8. The van der Waals surface area contributed by atoms with Crippen molar-refractivity contribution in [1.82, 2.24) is 15.0 Å². The monoisotopic (exact) mass is 393 g/mol. The number of pyridine rings is 1. The minimum Gasteiger partial charge on any atom is -0.466 e. The van der Waals surface area contributed by atoms with E-state index in [2.05, 4.69) is 15.0 Å². The molecule has 0 fully saturated rings. The number of ether oxygens (including phenoxy) is 2. The van der Waals surface area contributed by atoms with Gasteiger partial charge in [-0.1, -0.05) is 29.3 Å². The van der Waals surface area contributed by atoms with Crippen LogP contribution < -0.4 is 0 Å². The quantitative estimate of drug-likeness (QED) is 0.679. The van der Waals surface area contributed by atoms with Crippen LogP contribution in [-0.2, 0) is 14.3 Å². The first-order valence-electron chi connectivity index (χ1n) is 7.45. The summed E-state index contributed by atoms with van der Waals surface area (Å²) in [7, 11) is 1.20. The lowest BCUT2D eigenvalue weighted by Crippen LogP contribution is -2.21. The molecule has 0 saturated heterocycles. The van der Waals surface area contributed by atoms with Crippen LogP contribution in [0.4, 0.5) is 0 Å². The number of carbonyl (C=O) groups is 2. The topological polar surface area (TPSA) is 94.2 Å². The average Bonchev–Trinajstić information content (AvgIpc) is 3.01. The van der Waals surface area contributed by atoms with Gasteiger partial charge in [0.2, 0.25) is 6.10 Å². The van der Waals surface area contributed by atoms with Gasteiger partial charge in [-0.05, 0) is 25.1 Å². The molecule has 0 spiro atoms. The fourth-order valence-corrected chi connectivity index (χ4v) is 2.71. The van der Waals surface area contributed by atoms with E-state index < -0.39 is 18.0 Å². The lowest BCUT2D eigenvalue weighted by Gasteiger charge is -2.16. The van der Waals surface area contributed by atoms with E-state index in [4.69, 9.17) is 32.7 Å². The van der Waals surface area contributed by atoms with Gasteiger partial charge in [-0.3, -0.25) is 0 Å². The summed E-state index contributed by atoms with van der Waals surface area (Å²) in [5.74, 6) is -0.882. The molecule has 7 nitrogen and oxygen atoms in total. The maximum atomic E-state index is 12.7. The smallest absolute Gasteiger partial charge is 0.351 e. The highest BCUT2D eigenvalue weighted by atomic mass is 35.5. The van der Waals surface area contributed by atoms with Crippen molar-refractivity contribution in [3.05, 3.63) is 57.5 Å². The van der Waals surface area contributed by atoms with Crippen molar-refractivity contribution in [2.24, 2.45) is 0 Å². The van der Waals surface area contributed by atoms with Crippen molar-refractivity contribution in [3.8, 4) is 0 Å². The summed E-state index contributed by atoms with van der Waals surface area (Å²) in [5.41, 5.74) is 1.34. The molecule has 2 heterocycles. The number of imidazole rings is 1. The summed E-state index contributed by atoms with van der Waals surface area (Å²) in [5, 5.41) is 0.541. The van der Waals surface area contributed by atoms with E-state index in [1.54, 1.807) is 6.92 Å². The summed E-state index contributed by atoms with van der Waals surface area (Å²) in [6.07, 6.45) is 0.139. The normalized spacial score (nSPS) is 12.0. The lowest BCUT2D eigenvalue weighted by molar-refractivity contribution is -0.151. The Hall–Kier alpha value is -2.64. The van der Waals surface area contributed by atoms with E-state index in [-0.39, 0.29) is 10.6 Å². The molecule has 0 aliphatic heterocycles. The second-order valence-electron chi connectivity index (χ2n) is 5.36. The third-order valence-corrected chi connectivity index (χ3v) is 4.36. The molecule has 0 amide bonds. The first kappa shape index (κ1) is 18.2. The Labute approximate surface area is 158 Å². The van der Waals surface area contributed by atoms with Gasteiger partial charge in [-0.15, -0.1) is 0 Å². The Morgan fingerprint density at radius 3 is 2.65 bits per heavy atom. The number of aromatic amines is 1. The van der Waals surface area contributed by atoms with Gasteiger partial charge in [0.05, 0.1) is 28.2 Å². The number of halogens is 2. The highest BCUT2D eigenvalue weighted by Crippen LogP contribution is 2.29. The van der Waals surface area contributed by atoms with Crippen LogP contribution in [0.1, 0.15) is 27.8 Å². The Balaban J connectivity index is 1.97. The fourth-order valence-electron chi connectivity index (χ4n) is 2.40. The molecule has 0 saturated carbocycles. The van der Waals surface area contributed by atoms with Gasteiger partial charge >= 0.3 is 11.9 Å². The highest BCUT2D eigenvalue weighted by molar-refractivity contribution is 6.42. The van der Waals surface area contributed by atoms with Crippen LogP contribution in [0.2, 0.25) is 10.0 Å². The summed E-state index contributed by atoms with van der Waals surface area (Å²) in [6.45, 7) is 1.74. The second-order valence-corrected chi connectivity index (χ2v) is 6.18. The highest BCUT2D eigenvalue weighted by Gasteiger charge is 2.28. The number of H-pyrrole nitrogens is 1. The van der Waals surface area contributed by atoms with Crippen LogP contribution in [-0.4, -0.2) is 34.0 Å². The molecule has 134 valence electrons. The zero-order valence-corrected chi connectivity index (χ0v) is 15.3.